The van der Waals surface area contributed by atoms with Gasteiger partial charge in [-0.15, -0.1) is 0 Å². The predicted molar refractivity (Wildman–Crippen MR) is 104 cm³/mol. The van der Waals surface area contributed by atoms with Crippen molar-refractivity contribution in [3.05, 3.63) is 35.9 Å². The van der Waals surface area contributed by atoms with E-state index in [9.17, 15) is 14.7 Å². The largest absolute Gasteiger partial charge is 0.458 e. The smallest absolute Gasteiger partial charge is 0.408 e. The Kier molecular flexibility index (Phi) is 7.84. The van der Waals surface area contributed by atoms with Crippen molar-refractivity contribution in [2.24, 2.45) is 11.8 Å². The summed E-state index contributed by atoms with van der Waals surface area (Å²) in [6, 6.07) is 9.23. The van der Waals surface area contributed by atoms with Crippen LogP contribution in [0, 0.1) is 11.8 Å². The molecule has 0 saturated carbocycles. The Morgan fingerprint density at radius 2 is 1.63 bits per heavy atom. The standard InChI is InChI=1S/C21H33NO5/c1-14(2)17(23)21(15(3)4,18(24)27-20(5,6)7)22-19(25)26-13-16-11-9-8-10-12-16/h8-12,14-15,17,23H,13H2,1-7H3,(H,22,25)/t17-,21-/m1/s1. The Labute approximate surface area is 162 Å². The zero-order chi connectivity index (χ0) is 20.8. The lowest BCUT2D eigenvalue weighted by molar-refractivity contribution is -0.173. The molecule has 2 atom stereocenters. The van der Waals surface area contributed by atoms with Gasteiger partial charge < -0.3 is 19.9 Å². The number of carbonyl (C=O) groups is 2. The van der Waals surface area contributed by atoms with Crippen LogP contribution in [0.1, 0.15) is 54.0 Å². The van der Waals surface area contributed by atoms with Gasteiger partial charge in [0.05, 0.1) is 6.10 Å². The zero-order valence-electron chi connectivity index (χ0n) is 17.4. The molecule has 0 heterocycles. The summed E-state index contributed by atoms with van der Waals surface area (Å²) in [6.45, 7) is 12.4. The number of hydrogen-bond donors (Lipinski definition) is 2. The number of ether oxygens (including phenoxy) is 2. The number of aliphatic hydroxyl groups is 1. The van der Waals surface area contributed by atoms with E-state index >= 15 is 0 Å². The number of alkyl carbamates (subject to hydrolysis) is 1. The molecule has 1 aromatic carbocycles. The van der Waals surface area contributed by atoms with Crippen LogP contribution < -0.4 is 5.32 Å². The number of amides is 1. The first-order valence-corrected chi connectivity index (χ1v) is 9.30. The van der Waals surface area contributed by atoms with Gasteiger partial charge in [0.15, 0.2) is 5.54 Å². The molecule has 1 aromatic rings. The Balaban J connectivity index is 3.08. The second kappa shape index (κ2) is 9.22. The van der Waals surface area contributed by atoms with Gasteiger partial charge in [0, 0.05) is 0 Å². The molecule has 27 heavy (non-hydrogen) atoms. The molecule has 0 radical (unpaired) electrons. The molecule has 1 amide bonds. The summed E-state index contributed by atoms with van der Waals surface area (Å²) < 4.78 is 10.8. The second-order valence-corrected chi connectivity index (χ2v) is 8.40. The molecule has 0 saturated heterocycles. The fourth-order valence-electron chi connectivity index (χ4n) is 2.78. The first kappa shape index (κ1) is 23.0. The Morgan fingerprint density at radius 1 is 1.07 bits per heavy atom. The van der Waals surface area contributed by atoms with Crippen molar-refractivity contribution >= 4 is 12.1 Å². The topological polar surface area (TPSA) is 84.9 Å². The summed E-state index contributed by atoms with van der Waals surface area (Å²) in [5, 5.41) is 13.5. The van der Waals surface area contributed by atoms with Crippen LogP contribution in [-0.4, -0.2) is 34.4 Å². The molecule has 0 aromatic heterocycles. The number of benzene rings is 1. The number of carbonyl (C=O) groups excluding carboxylic acids is 2. The van der Waals surface area contributed by atoms with Gasteiger partial charge in [-0.05, 0) is 38.2 Å². The Morgan fingerprint density at radius 3 is 2.07 bits per heavy atom. The fourth-order valence-corrected chi connectivity index (χ4v) is 2.78. The van der Waals surface area contributed by atoms with Crippen molar-refractivity contribution in [2.75, 3.05) is 0 Å². The maximum absolute atomic E-state index is 13.0. The van der Waals surface area contributed by atoms with Crippen LogP contribution >= 0.6 is 0 Å². The molecule has 0 bridgehead atoms. The average Bonchev–Trinajstić information content (AvgIpc) is 2.56. The van der Waals surface area contributed by atoms with Gasteiger partial charge in [-0.1, -0.05) is 58.0 Å². The molecule has 1 rings (SSSR count). The van der Waals surface area contributed by atoms with Gasteiger partial charge in [-0.25, -0.2) is 9.59 Å². The van der Waals surface area contributed by atoms with Crippen LogP contribution in [0.4, 0.5) is 4.79 Å². The van der Waals surface area contributed by atoms with E-state index in [-0.39, 0.29) is 12.5 Å². The second-order valence-electron chi connectivity index (χ2n) is 8.40. The van der Waals surface area contributed by atoms with Gasteiger partial charge >= 0.3 is 12.1 Å². The van der Waals surface area contributed by atoms with Crippen LogP contribution in [0.5, 0.6) is 0 Å². The summed E-state index contributed by atoms with van der Waals surface area (Å²) in [5.41, 5.74) is -1.55. The summed E-state index contributed by atoms with van der Waals surface area (Å²) in [4.78, 5) is 25.5. The summed E-state index contributed by atoms with van der Waals surface area (Å²) in [7, 11) is 0. The molecule has 152 valence electrons. The minimum atomic E-state index is -1.62. The number of nitrogens with one attached hydrogen (secondary N) is 1. The maximum Gasteiger partial charge on any atom is 0.408 e. The molecule has 0 aliphatic carbocycles. The van der Waals surface area contributed by atoms with E-state index in [1.54, 1.807) is 48.5 Å². The SMILES string of the molecule is CC(C)[C@@H](O)[C@@](NC(=O)OCc1ccccc1)(C(=O)OC(C)(C)C)C(C)C. The first-order chi connectivity index (χ1) is 12.4. The Hall–Kier alpha value is -2.08. The Bertz CT molecular complexity index is 621. The highest BCUT2D eigenvalue weighted by atomic mass is 16.6. The molecule has 0 spiro atoms. The predicted octanol–water partition coefficient (Wildman–Crippen LogP) is 3.67. The van der Waals surface area contributed by atoms with Crippen LogP contribution in [0.3, 0.4) is 0 Å². The van der Waals surface area contributed by atoms with E-state index in [2.05, 4.69) is 5.32 Å². The third-order valence-corrected chi connectivity index (χ3v) is 4.27. The highest BCUT2D eigenvalue weighted by molar-refractivity contribution is 5.87. The lowest BCUT2D eigenvalue weighted by Crippen LogP contribution is -2.67. The van der Waals surface area contributed by atoms with Crippen LogP contribution in [-0.2, 0) is 20.9 Å². The van der Waals surface area contributed by atoms with Crippen LogP contribution in [0.15, 0.2) is 30.3 Å². The number of esters is 1. The molecule has 0 fully saturated rings. The number of rotatable bonds is 7. The number of aliphatic hydroxyl groups excluding tert-OH is 1. The van der Waals surface area contributed by atoms with E-state index < -0.39 is 35.2 Å². The molecule has 0 unspecified atom stereocenters. The zero-order valence-corrected chi connectivity index (χ0v) is 17.4. The summed E-state index contributed by atoms with van der Waals surface area (Å²) in [5.74, 6) is -1.38. The van der Waals surface area contributed by atoms with Crippen LogP contribution in [0.2, 0.25) is 0 Å². The lowest BCUT2D eigenvalue weighted by atomic mass is 9.76. The summed E-state index contributed by atoms with van der Waals surface area (Å²) >= 11 is 0. The molecule has 6 heteroatoms. The van der Waals surface area contributed by atoms with Gasteiger partial charge in [-0.2, -0.15) is 0 Å². The highest BCUT2D eigenvalue weighted by Crippen LogP contribution is 2.30. The first-order valence-electron chi connectivity index (χ1n) is 9.30. The molecule has 0 aliphatic heterocycles. The van der Waals surface area contributed by atoms with Crippen molar-refractivity contribution in [1.82, 2.24) is 5.32 Å². The minimum absolute atomic E-state index is 0.0624. The van der Waals surface area contributed by atoms with Gasteiger partial charge in [0.25, 0.3) is 0 Å². The monoisotopic (exact) mass is 379 g/mol. The lowest BCUT2D eigenvalue weighted by Gasteiger charge is -2.42. The van der Waals surface area contributed by atoms with E-state index in [0.29, 0.717) is 0 Å². The molecular weight excluding hydrogens is 346 g/mol. The van der Waals surface area contributed by atoms with Gasteiger partial charge in [-0.3, -0.25) is 0 Å². The van der Waals surface area contributed by atoms with Crippen molar-refractivity contribution in [3.8, 4) is 0 Å². The van der Waals surface area contributed by atoms with Crippen molar-refractivity contribution in [2.45, 2.75) is 72.3 Å². The third-order valence-electron chi connectivity index (χ3n) is 4.27. The molecule has 6 nitrogen and oxygen atoms in total. The van der Waals surface area contributed by atoms with E-state index in [0.717, 1.165) is 5.56 Å². The minimum Gasteiger partial charge on any atom is -0.458 e. The van der Waals surface area contributed by atoms with Crippen molar-refractivity contribution in [3.63, 3.8) is 0 Å². The third kappa shape index (κ3) is 6.24. The fraction of sp³-hybridized carbons (Fsp3) is 0.619. The quantitative estimate of drug-likeness (QED) is 0.706. The normalized spacial score (nSPS) is 15.2. The van der Waals surface area contributed by atoms with E-state index in [4.69, 9.17) is 9.47 Å². The van der Waals surface area contributed by atoms with Crippen molar-refractivity contribution in [1.29, 1.82) is 0 Å². The average molecular weight is 379 g/mol. The molecular formula is C21H33NO5. The van der Waals surface area contributed by atoms with Crippen LogP contribution in [0.25, 0.3) is 0 Å². The van der Waals surface area contributed by atoms with E-state index in [1.807, 2.05) is 30.3 Å². The number of hydrogen-bond acceptors (Lipinski definition) is 5. The van der Waals surface area contributed by atoms with Crippen molar-refractivity contribution < 1.29 is 24.2 Å². The summed E-state index contributed by atoms with van der Waals surface area (Å²) in [6.07, 6.45) is -1.92. The van der Waals surface area contributed by atoms with Gasteiger partial charge in [0.2, 0.25) is 0 Å². The highest BCUT2D eigenvalue weighted by Gasteiger charge is 2.53. The maximum atomic E-state index is 13.0. The van der Waals surface area contributed by atoms with Gasteiger partial charge in [0.1, 0.15) is 12.2 Å². The molecule has 2 N–H and O–H groups in total. The van der Waals surface area contributed by atoms with E-state index in [1.165, 1.54) is 0 Å². The molecule has 0 aliphatic rings.